The summed E-state index contributed by atoms with van der Waals surface area (Å²) in [6.07, 6.45) is 1.53. The van der Waals surface area contributed by atoms with Crippen LogP contribution < -0.4 is 10.5 Å². The van der Waals surface area contributed by atoms with Gasteiger partial charge in [-0.25, -0.2) is 4.39 Å². The highest BCUT2D eigenvalue weighted by molar-refractivity contribution is 9.10. The molecule has 1 fully saturated rings. The fourth-order valence-corrected chi connectivity index (χ4v) is 4.01. The van der Waals surface area contributed by atoms with Crippen LogP contribution in [0.4, 0.5) is 10.1 Å². The highest BCUT2D eigenvalue weighted by Gasteiger charge is 2.27. The molecule has 1 aromatic rings. The van der Waals surface area contributed by atoms with Crippen LogP contribution in [0.15, 0.2) is 16.6 Å². The van der Waals surface area contributed by atoms with E-state index < -0.39 is 16.0 Å². The molecule has 1 aliphatic heterocycles. The van der Waals surface area contributed by atoms with Crippen molar-refractivity contribution in [1.82, 2.24) is 4.31 Å². The van der Waals surface area contributed by atoms with Crippen molar-refractivity contribution in [3.05, 3.63) is 28.0 Å². The topological polar surface area (TPSA) is 75.4 Å². The van der Waals surface area contributed by atoms with Crippen molar-refractivity contribution >= 4 is 31.8 Å². The van der Waals surface area contributed by atoms with Gasteiger partial charge in [-0.3, -0.25) is 4.72 Å². The Bertz CT molecular complexity index is 616. The van der Waals surface area contributed by atoms with Gasteiger partial charge in [0.2, 0.25) is 0 Å². The lowest BCUT2D eigenvalue weighted by Gasteiger charge is -2.30. The number of anilines is 1. The van der Waals surface area contributed by atoms with Gasteiger partial charge in [-0.05, 0) is 65.9 Å². The zero-order chi connectivity index (χ0) is 15.6. The fourth-order valence-electron chi connectivity index (χ4n) is 2.35. The zero-order valence-corrected chi connectivity index (χ0v) is 14.2. The molecule has 8 heteroatoms. The van der Waals surface area contributed by atoms with Crippen molar-refractivity contribution in [3.8, 4) is 0 Å². The molecule has 0 aromatic heterocycles. The van der Waals surface area contributed by atoms with Crippen LogP contribution in [0.2, 0.25) is 0 Å². The van der Waals surface area contributed by atoms with Gasteiger partial charge < -0.3 is 5.73 Å². The molecule has 1 aliphatic rings. The van der Waals surface area contributed by atoms with Crippen LogP contribution in [0.1, 0.15) is 18.4 Å². The summed E-state index contributed by atoms with van der Waals surface area (Å²) in [4.78, 5) is 0. The summed E-state index contributed by atoms with van der Waals surface area (Å²) >= 11 is 3.06. The third-order valence-electron chi connectivity index (χ3n) is 3.75. The van der Waals surface area contributed by atoms with Crippen molar-refractivity contribution in [3.63, 3.8) is 0 Å². The smallest absolute Gasteiger partial charge is 0.301 e. The van der Waals surface area contributed by atoms with Gasteiger partial charge in [0.25, 0.3) is 0 Å². The van der Waals surface area contributed by atoms with Gasteiger partial charge in [0.15, 0.2) is 0 Å². The molecule has 1 aromatic carbocycles. The molecular weight excluding hydrogens is 361 g/mol. The Morgan fingerprint density at radius 3 is 2.62 bits per heavy atom. The van der Waals surface area contributed by atoms with Gasteiger partial charge >= 0.3 is 10.2 Å². The Morgan fingerprint density at radius 1 is 1.43 bits per heavy atom. The van der Waals surface area contributed by atoms with Crippen LogP contribution in [0.25, 0.3) is 0 Å². The van der Waals surface area contributed by atoms with E-state index in [0.717, 1.165) is 12.8 Å². The van der Waals surface area contributed by atoms with E-state index in [4.69, 9.17) is 5.73 Å². The Kier molecular flexibility index (Phi) is 5.24. The molecular formula is C13H19BrFN3O2S. The average Bonchev–Trinajstić information content (AvgIpc) is 2.44. The first-order valence-corrected chi connectivity index (χ1v) is 9.00. The van der Waals surface area contributed by atoms with Crippen LogP contribution in [0.5, 0.6) is 0 Å². The molecule has 0 saturated carbocycles. The maximum atomic E-state index is 13.4. The molecule has 2 rings (SSSR count). The minimum atomic E-state index is -3.62. The molecule has 0 atom stereocenters. The summed E-state index contributed by atoms with van der Waals surface area (Å²) in [7, 11) is -3.62. The first-order valence-electron chi connectivity index (χ1n) is 6.77. The second-order valence-corrected chi connectivity index (χ2v) is 7.79. The maximum absolute atomic E-state index is 13.4. The van der Waals surface area contributed by atoms with E-state index >= 15 is 0 Å². The second-order valence-electron chi connectivity index (χ2n) is 5.27. The van der Waals surface area contributed by atoms with Crippen molar-refractivity contribution in [2.45, 2.75) is 19.8 Å². The summed E-state index contributed by atoms with van der Waals surface area (Å²) in [5.41, 5.74) is 6.52. The van der Waals surface area contributed by atoms with Gasteiger partial charge in [0.1, 0.15) is 5.82 Å². The number of hydrogen-bond donors (Lipinski definition) is 2. The number of benzene rings is 1. The minimum absolute atomic E-state index is 0.229. The van der Waals surface area contributed by atoms with Crippen molar-refractivity contribution < 1.29 is 12.8 Å². The summed E-state index contributed by atoms with van der Waals surface area (Å²) in [6, 6.07) is 2.73. The first kappa shape index (κ1) is 16.7. The molecule has 1 saturated heterocycles. The summed E-state index contributed by atoms with van der Waals surface area (Å²) in [5.74, 6) is -0.0302. The van der Waals surface area contributed by atoms with E-state index in [9.17, 15) is 12.8 Å². The molecule has 118 valence electrons. The SMILES string of the molecule is Cc1cc(F)c(Br)cc1NS(=O)(=O)N1CCC(CN)CC1. The van der Waals surface area contributed by atoms with E-state index in [1.54, 1.807) is 6.92 Å². The number of nitrogens with one attached hydrogen (secondary N) is 1. The monoisotopic (exact) mass is 379 g/mol. The normalized spacial score (nSPS) is 17.9. The number of aryl methyl sites for hydroxylation is 1. The lowest BCUT2D eigenvalue weighted by atomic mass is 9.99. The number of nitrogens with zero attached hydrogens (tertiary/aromatic N) is 1. The van der Waals surface area contributed by atoms with Gasteiger partial charge in [-0.15, -0.1) is 0 Å². The Balaban J connectivity index is 2.13. The molecule has 3 N–H and O–H groups in total. The van der Waals surface area contributed by atoms with E-state index in [-0.39, 0.29) is 4.47 Å². The third kappa shape index (κ3) is 3.94. The molecule has 0 spiro atoms. The van der Waals surface area contributed by atoms with Crippen LogP contribution in [-0.4, -0.2) is 32.4 Å². The van der Waals surface area contributed by atoms with E-state index in [0.29, 0.717) is 36.8 Å². The Morgan fingerprint density at radius 2 is 2.05 bits per heavy atom. The van der Waals surface area contributed by atoms with Crippen LogP contribution in [-0.2, 0) is 10.2 Å². The average molecular weight is 380 g/mol. The standard InChI is InChI=1S/C13H19BrFN3O2S/c1-9-6-12(15)11(14)7-13(9)17-21(19,20)18-4-2-10(8-16)3-5-18/h6-7,10,17H,2-5,8,16H2,1H3. The molecule has 1 heterocycles. The van der Waals surface area contributed by atoms with Crippen molar-refractivity contribution in [1.29, 1.82) is 0 Å². The van der Waals surface area contributed by atoms with E-state index in [1.807, 2.05) is 0 Å². The number of nitrogens with two attached hydrogens (primary N) is 1. The predicted octanol–water partition coefficient (Wildman–Crippen LogP) is 2.22. The van der Waals surface area contributed by atoms with Gasteiger partial charge in [-0.2, -0.15) is 12.7 Å². The first-order chi connectivity index (χ1) is 9.83. The molecule has 0 unspecified atom stereocenters. The van der Waals surface area contributed by atoms with Crippen molar-refractivity contribution in [2.75, 3.05) is 24.4 Å². The maximum Gasteiger partial charge on any atom is 0.301 e. The Labute approximate surface area is 133 Å². The van der Waals surface area contributed by atoms with Crippen LogP contribution in [0, 0.1) is 18.7 Å². The van der Waals surface area contributed by atoms with Gasteiger partial charge in [-0.1, -0.05) is 0 Å². The van der Waals surface area contributed by atoms with Crippen molar-refractivity contribution in [2.24, 2.45) is 11.7 Å². The molecule has 0 aliphatic carbocycles. The van der Waals surface area contributed by atoms with E-state index in [1.165, 1.54) is 16.4 Å². The minimum Gasteiger partial charge on any atom is -0.330 e. The summed E-state index contributed by atoms with van der Waals surface area (Å²) in [6.45, 7) is 3.16. The van der Waals surface area contributed by atoms with Crippen LogP contribution >= 0.6 is 15.9 Å². The van der Waals surface area contributed by atoms with Gasteiger partial charge in [0.05, 0.1) is 10.2 Å². The molecule has 0 radical (unpaired) electrons. The fraction of sp³-hybridized carbons (Fsp3) is 0.538. The zero-order valence-electron chi connectivity index (χ0n) is 11.8. The number of rotatable bonds is 4. The molecule has 0 amide bonds. The summed E-state index contributed by atoms with van der Waals surface area (Å²) < 4.78 is 42.3. The predicted molar refractivity (Wildman–Crippen MR) is 84.7 cm³/mol. The van der Waals surface area contributed by atoms with E-state index in [2.05, 4.69) is 20.7 Å². The largest absolute Gasteiger partial charge is 0.330 e. The summed E-state index contributed by atoms with van der Waals surface area (Å²) in [5, 5.41) is 0. The quantitative estimate of drug-likeness (QED) is 0.841. The lowest BCUT2D eigenvalue weighted by molar-refractivity contribution is 0.280. The molecule has 21 heavy (non-hydrogen) atoms. The highest BCUT2D eigenvalue weighted by atomic mass is 79.9. The number of halogens is 2. The van der Waals surface area contributed by atoms with Gasteiger partial charge in [0, 0.05) is 13.1 Å². The van der Waals surface area contributed by atoms with Crippen LogP contribution in [0.3, 0.4) is 0 Å². The Hall–Kier alpha value is -0.700. The molecule has 5 nitrogen and oxygen atoms in total. The lowest BCUT2D eigenvalue weighted by Crippen LogP contribution is -2.42. The second kappa shape index (κ2) is 6.60. The highest BCUT2D eigenvalue weighted by Crippen LogP contribution is 2.26. The molecule has 0 bridgehead atoms. The number of hydrogen-bond acceptors (Lipinski definition) is 3. The third-order valence-corrected chi connectivity index (χ3v) is 5.88. The number of piperidine rings is 1.